The molecule has 0 saturated carbocycles. The van der Waals surface area contributed by atoms with Crippen molar-refractivity contribution in [3.8, 4) is 11.5 Å². The molecule has 0 bridgehead atoms. The van der Waals surface area contributed by atoms with Crippen LogP contribution in [0, 0.1) is 0 Å². The van der Waals surface area contributed by atoms with E-state index in [4.69, 9.17) is 9.47 Å². The second-order valence-electron chi connectivity index (χ2n) is 4.81. The Morgan fingerprint density at radius 2 is 1.95 bits per heavy atom. The van der Waals surface area contributed by atoms with Crippen LogP contribution >= 0.6 is 15.9 Å². The molecular weight excluding hydrogens is 318 g/mol. The molecule has 0 spiro atoms. The standard InChI is InChI=1S/C16H16BrNO2/c1-11(13-4-2-3-5-14(13)17)18-9-12-6-7-15-16(8-12)20-10-19-15/h2-8,11,18H,9-10H2,1H3. The summed E-state index contributed by atoms with van der Waals surface area (Å²) < 4.78 is 11.8. The highest BCUT2D eigenvalue weighted by Gasteiger charge is 2.14. The van der Waals surface area contributed by atoms with E-state index in [1.54, 1.807) is 0 Å². The Labute approximate surface area is 127 Å². The molecule has 4 heteroatoms. The van der Waals surface area contributed by atoms with Gasteiger partial charge in [0, 0.05) is 17.1 Å². The zero-order valence-electron chi connectivity index (χ0n) is 11.2. The predicted octanol–water partition coefficient (Wildman–Crippen LogP) is 4.03. The number of ether oxygens (including phenoxy) is 2. The smallest absolute Gasteiger partial charge is 0.231 e. The zero-order valence-corrected chi connectivity index (χ0v) is 12.8. The molecule has 1 unspecified atom stereocenters. The predicted molar refractivity (Wildman–Crippen MR) is 82.0 cm³/mol. The summed E-state index contributed by atoms with van der Waals surface area (Å²) in [6, 6.07) is 14.6. The van der Waals surface area contributed by atoms with Crippen molar-refractivity contribution in [1.82, 2.24) is 5.32 Å². The van der Waals surface area contributed by atoms with E-state index < -0.39 is 0 Å². The molecule has 1 aliphatic rings. The van der Waals surface area contributed by atoms with Crippen LogP contribution < -0.4 is 14.8 Å². The van der Waals surface area contributed by atoms with Crippen LogP contribution in [0.2, 0.25) is 0 Å². The first-order valence-electron chi connectivity index (χ1n) is 6.60. The van der Waals surface area contributed by atoms with Gasteiger partial charge in [-0.15, -0.1) is 0 Å². The molecule has 2 aromatic rings. The molecule has 3 rings (SSSR count). The van der Waals surface area contributed by atoms with Crippen molar-refractivity contribution in [2.24, 2.45) is 0 Å². The van der Waals surface area contributed by atoms with E-state index >= 15 is 0 Å². The number of fused-ring (bicyclic) bond motifs is 1. The minimum absolute atomic E-state index is 0.274. The number of rotatable bonds is 4. The summed E-state index contributed by atoms with van der Waals surface area (Å²) in [7, 11) is 0. The van der Waals surface area contributed by atoms with E-state index in [0.29, 0.717) is 6.79 Å². The summed E-state index contributed by atoms with van der Waals surface area (Å²) >= 11 is 3.59. The van der Waals surface area contributed by atoms with Gasteiger partial charge >= 0.3 is 0 Å². The fourth-order valence-electron chi connectivity index (χ4n) is 2.26. The maximum absolute atomic E-state index is 5.39. The van der Waals surface area contributed by atoms with Crippen LogP contribution in [0.25, 0.3) is 0 Å². The summed E-state index contributed by atoms with van der Waals surface area (Å²) in [6.45, 7) is 3.27. The lowest BCUT2D eigenvalue weighted by molar-refractivity contribution is 0.174. The number of hydrogen-bond donors (Lipinski definition) is 1. The van der Waals surface area contributed by atoms with Gasteiger partial charge < -0.3 is 14.8 Å². The van der Waals surface area contributed by atoms with Crippen molar-refractivity contribution in [3.05, 3.63) is 58.1 Å². The van der Waals surface area contributed by atoms with Gasteiger partial charge in [-0.2, -0.15) is 0 Å². The molecule has 0 radical (unpaired) electrons. The van der Waals surface area contributed by atoms with Crippen molar-refractivity contribution >= 4 is 15.9 Å². The van der Waals surface area contributed by atoms with Crippen LogP contribution in [-0.2, 0) is 6.54 Å². The highest BCUT2D eigenvalue weighted by Crippen LogP contribution is 2.32. The second-order valence-corrected chi connectivity index (χ2v) is 5.67. The summed E-state index contributed by atoms with van der Waals surface area (Å²) in [5.74, 6) is 1.66. The summed E-state index contributed by atoms with van der Waals surface area (Å²) in [6.07, 6.45) is 0. The maximum atomic E-state index is 5.39. The summed E-state index contributed by atoms with van der Waals surface area (Å²) in [5, 5.41) is 3.52. The molecular formula is C16H16BrNO2. The molecule has 104 valence electrons. The summed E-state index contributed by atoms with van der Waals surface area (Å²) in [5.41, 5.74) is 2.45. The van der Waals surface area contributed by atoms with Gasteiger partial charge in [-0.1, -0.05) is 40.2 Å². The third-order valence-corrected chi connectivity index (χ3v) is 4.14. The molecule has 0 fully saturated rings. The van der Waals surface area contributed by atoms with Crippen LogP contribution in [0.3, 0.4) is 0 Å². The van der Waals surface area contributed by atoms with Gasteiger partial charge in [-0.25, -0.2) is 0 Å². The van der Waals surface area contributed by atoms with Crippen LogP contribution in [0.1, 0.15) is 24.1 Å². The molecule has 0 aliphatic carbocycles. The van der Waals surface area contributed by atoms with Crippen molar-refractivity contribution in [1.29, 1.82) is 0 Å². The molecule has 0 amide bonds. The first-order chi connectivity index (χ1) is 9.74. The Morgan fingerprint density at radius 1 is 1.15 bits per heavy atom. The SMILES string of the molecule is CC(NCc1ccc2c(c1)OCO2)c1ccccc1Br. The largest absolute Gasteiger partial charge is 0.454 e. The third kappa shape index (κ3) is 2.81. The first-order valence-corrected chi connectivity index (χ1v) is 7.39. The molecule has 1 atom stereocenters. The van der Waals surface area contributed by atoms with E-state index in [9.17, 15) is 0 Å². The highest BCUT2D eigenvalue weighted by atomic mass is 79.9. The molecule has 0 saturated heterocycles. The fraction of sp³-hybridized carbons (Fsp3) is 0.250. The quantitative estimate of drug-likeness (QED) is 0.916. The monoisotopic (exact) mass is 333 g/mol. The van der Waals surface area contributed by atoms with Crippen molar-refractivity contribution in [2.75, 3.05) is 6.79 Å². The van der Waals surface area contributed by atoms with Gasteiger partial charge in [0.15, 0.2) is 11.5 Å². The highest BCUT2D eigenvalue weighted by molar-refractivity contribution is 9.10. The van der Waals surface area contributed by atoms with Crippen molar-refractivity contribution in [2.45, 2.75) is 19.5 Å². The Balaban J connectivity index is 1.66. The minimum atomic E-state index is 0.274. The molecule has 3 nitrogen and oxygen atoms in total. The third-order valence-electron chi connectivity index (χ3n) is 3.42. The Hall–Kier alpha value is -1.52. The topological polar surface area (TPSA) is 30.5 Å². The van der Waals surface area contributed by atoms with E-state index in [1.807, 2.05) is 18.2 Å². The first kappa shape index (κ1) is 13.5. The Bertz CT molecular complexity index is 615. The molecule has 20 heavy (non-hydrogen) atoms. The lowest BCUT2D eigenvalue weighted by Gasteiger charge is -2.16. The van der Waals surface area contributed by atoms with Crippen molar-refractivity contribution < 1.29 is 9.47 Å². The number of nitrogens with one attached hydrogen (secondary N) is 1. The molecule has 0 aromatic heterocycles. The average Bonchev–Trinajstić information content (AvgIpc) is 2.92. The number of benzene rings is 2. The van der Waals surface area contributed by atoms with Crippen molar-refractivity contribution in [3.63, 3.8) is 0 Å². The van der Waals surface area contributed by atoms with Crippen LogP contribution in [0.5, 0.6) is 11.5 Å². The Morgan fingerprint density at radius 3 is 2.80 bits per heavy atom. The van der Waals surface area contributed by atoms with E-state index in [1.165, 1.54) is 11.1 Å². The molecule has 1 heterocycles. The van der Waals surface area contributed by atoms with Crippen LogP contribution in [0.15, 0.2) is 46.9 Å². The van der Waals surface area contributed by atoms with E-state index in [0.717, 1.165) is 22.5 Å². The number of hydrogen-bond acceptors (Lipinski definition) is 3. The van der Waals surface area contributed by atoms with Crippen LogP contribution in [-0.4, -0.2) is 6.79 Å². The fourth-order valence-corrected chi connectivity index (χ4v) is 2.89. The van der Waals surface area contributed by atoms with Gasteiger partial charge in [0.25, 0.3) is 0 Å². The minimum Gasteiger partial charge on any atom is -0.454 e. The second kappa shape index (κ2) is 5.85. The van der Waals surface area contributed by atoms with Crippen LogP contribution in [0.4, 0.5) is 0 Å². The molecule has 2 aromatic carbocycles. The van der Waals surface area contributed by atoms with E-state index in [2.05, 4.69) is 52.4 Å². The van der Waals surface area contributed by atoms with Gasteiger partial charge in [0.2, 0.25) is 6.79 Å². The van der Waals surface area contributed by atoms with E-state index in [-0.39, 0.29) is 6.04 Å². The lowest BCUT2D eigenvalue weighted by atomic mass is 10.1. The maximum Gasteiger partial charge on any atom is 0.231 e. The molecule has 1 aliphatic heterocycles. The Kier molecular flexibility index (Phi) is 3.94. The number of halogens is 1. The zero-order chi connectivity index (χ0) is 13.9. The van der Waals surface area contributed by atoms with Gasteiger partial charge in [0.1, 0.15) is 0 Å². The van der Waals surface area contributed by atoms with Gasteiger partial charge in [-0.05, 0) is 36.2 Å². The van der Waals surface area contributed by atoms with Gasteiger partial charge in [-0.3, -0.25) is 0 Å². The lowest BCUT2D eigenvalue weighted by Crippen LogP contribution is -2.18. The van der Waals surface area contributed by atoms with Gasteiger partial charge in [0.05, 0.1) is 0 Å². The normalized spacial score (nSPS) is 14.3. The average molecular weight is 334 g/mol. The summed E-state index contributed by atoms with van der Waals surface area (Å²) in [4.78, 5) is 0. The molecule has 1 N–H and O–H groups in total.